The van der Waals surface area contributed by atoms with Gasteiger partial charge >= 0.3 is 0 Å². The van der Waals surface area contributed by atoms with E-state index in [2.05, 4.69) is 30.9 Å². The van der Waals surface area contributed by atoms with Crippen LogP contribution in [0.2, 0.25) is 0 Å². The third-order valence-corrected chi connectivity index (χ3v) is 4.11. The Morgan fingerprint density at radius 2 is 1.76 bits per heavy atom. The van der Waals surface area contributed by atoms with Crippen molar-refractivity contribution in [2.45, 2.75) is 6.54 Å². The maximum Gasteiger partial charge on any atom is 0.271 e. The van der Waals surface area contributed by atoms with Crippen molar-refractivity contribution in [3.05, 3.63) is 95.8 Å². The first-order chi connectivity index (χ1) is 14.3. The minimum atomic E-state index is -0.285. The maximum absolute atomic E-state index is 12.2. The SMILES string of the molecule is O=C(N/N=C\c1ccncc1)c1ccc(Cn2nnc(-c3ccccc3)n2)cc1. The van der Waals surface area contributed by atoms with E-state index in [1.54, 1.807) is 42.9 Å². The van der Waals surface area contributed by atoms with E-state index in [-0.39, 0.29) is 5.91 Å². The first-order valence-electron chi connectivity index (χ1n) is 8.93. The van der Waals surface area contributed by atoms with E-state index >= 15 is 0 Å². The van der Waals surface area contributed by atoms with Gasteiger partial charge in [-0.05, 0) is 40.6 Å². The van der Waals surface area contributed by atoms with Crippen LogP contribution in [0.3, 0.4) is 0 Å². The zero-order valence-electron chi connectivity index (χ0n) is 15.4. The van der Waals surface area contributed by atoms with Gasteiger partial charge in [-0.1, -0.05) is 42.5 Å². The first kappa shape index (κ1) is 18.2. The number of nitrogens with one attached hydrogen (secondary N) is 1. The predicted octanol–water partition coefficient (Wildman–Crippen LogP) is 2.55. The van der Waals surface area contributed by atoms with Gasteiger partial charge in [0.15, 0.2) is 0 Å². The van der Waals surface area contributed by atoms with Crippen molar-refractivity contribution in [1.29, 1.82) is 0 Å². The Morgan fingerprint density at radius 1 is 1.00 bits per heavy atom. The van der Waals surface area contributed by atoms with Crippen LogP contribution in [0, 0.1) is 0 Å². The lowest BCUT2D eigenvalue weighted by molar-refractivity contribution is 0.0955. The van der Waals surface area contributed by atoms with Crippen LogP contribution >= 0.6 is 0 Å². The highest BCUT2D eigenvalue weighted by Crippen LogP contribution is 2.12. The molecule has 2 aromatic carbocycles. The lowest BCUT2D eigenvalue weighted by atomic mass is 10.1. The van der Waals surface area contributed by atoms with Crippen LogP contribution in [-0.4, -0.2) is 37.3 Å². The summed E-state index contributed by atoms with van der Waals surface area (Å²) in [6.45, 7) is 0.460. The molecule has 0 aliphatic rings. The van der Waals surface area contributed by atoms with Crippen molar-refractivity contribution in [3.8, 4) is 11.4 Å². The highest BCUT2D eigenvalue weighted by molar-refractivity contribution is 5.94. The number of benzene rings is 2. The monoisotopic (exact) mass is 383 g/mol. The molecule has 29 heavy (non-hydrogen) atoms. The summed E-state index contributed by atoms with van der Waals surface area (Å²) in [5, 5.41) is 16.5. The van der Waals surface area contributed by atoms with Crippen molar-refractivity contribution in [2.75, 3.05) is 0 Å². The summed E-state index contributed by atoms with van der Waals surface area (Å²) < 4.78 is 0. The van der Waals surface area contributed by atoms with Gasteiger partial charge in [0.1, 0.15) is 0 Å². The molecule has 0 fully saturated rings. The molecule has 4 aromatic rings. The Balaban J connectivity index is 1.36. The van der Waals surface area contributed by atoms with Gasteiger partial charge in [-0.25, -0.2) is 5.43 Å². The molecular weight excluding hydrogens is 366 g/mol. The van der Waals surface area contributed by atoms with Crippen molar-refractivity contribution in [1.82, 2.24) is 30.6 Å². The first-order valence-corrected chi connectivity index (χ1v) is 8.93. The van der Waals surface area contributed by atoms with Crippen LogP contribution < -0.4 is 5.43 Å². The van der Waals surface area contributed by atoms with Gasteiger partial charge in [-0.15, -0.1) is 10.2 Å². The van der Waals surface area contributed by atoms with E-state index in [4.69, 9.17) is 0 Å². The highest BCUT2D eigenvalue weighted by Gasteiger charge is 2.07. The van der Waals surface area contributed by atoms with Crippen LogP contribution in [0.5, 0.6) is 0 Å². The summed E-state index contributed by atoms with van der Waals surface area (Å²) in [5.74, 6) is 0.292. The van der Waals surface area contributed by atoms with Crippen molar-refractivity contribution in [3.63, 3.8) is 0 Å². The molecule has 8 nitrogen and oxygen atoms in total. The summed E-state index contributed by atoms with van der Waals surface area (Å²) in [4.78, 5) is 17.6. The number of carbonyl (C=O) groups is 1. The predicted molar refractivity (Wildman–Crippen MR) is 108 cm³/mol. The Bertz CT molecular complexity index is 1110. The number of amides is 1. The largest absolute Gasteiger partial charge is 0.271 e. The van der Waals surface area contributed by atoms with Gasteiger partial charge in [0.05, 0.1) is 12.8 Å². The number of tetrazole rings is 1. The number of hydrogen-bond acceptors (Lipinski definition) is 6. The Hall–Kier alpha value is -4.20. The molecule has 0 aliphatic heterocycles. The minimum absolute atomic E-state index is 0.285. The van der Waals surface area contributed by atoms with Gasteiger partial charge in [-0.3, -0.25) is 9.78 Å². The fourth-order valence-electron chi connectivity index (χ4n) is 2.62. The maximum atomic E-state index is 12.2. The Kier molecular flexibility index (Phi) is 5.43. The molecular formula is C21H17N7O. The number of hydrazone groups is 1. The quantitative estimate of drug-likeness (QED) is 0.408. The molecule has 1 N–H and O–H groups in total. The standard InChI is InChI=1S/C21H17N7O/c29-21(25-23-14-16-10-12-22-13-11-16)19-8-6-17(7-9-19)15-28-26-20(24-27-28)18-4-2-1-3-5-18/h1-14H,15H2,(H,25,29)/b23-14-. The molecule has 1 amide bonds. The van der Waals surface area contributed by atoms with Crippen LogP contribution in [0.4, 0.5) is 0 Å². The molecule has 142 valence electrons. The van der Waals surface area contributed by atoms with E-state index in [0.717, 1.165) is 16.7 Å². The third-order valence-electron chi connectivity index (χ3n) is 4.11. The zero-order chi connectivity index (χ0) is 19.9. The van der Waals surface area contributed by atoms with Crippen LogP contribution in [0.1, 0.15) is 21.5 Å². The molecule has 8 heteroatoms. The van der Waals surface area contributed by atoms with Crippen molar-refractivity contribution < 1.29 is 4.79 Å². The van der Waals surface area contributed by atoms with Crippen molar-refractivity contribution >= 4 is 12.1 Å². The second kappa shape index (κ2) is 8.66. The summed E-state index contributed by atoms with van der Waals surface area (Å²) in [6, 6.07) is 20.5. The smallest absolute Gasteiger partial charge is 0.267 e. The molecule has 0 aliphatic carbocycles. The molecule has 0 radical (unpaired) electrons. The van der Waals surface area contributed by atoms with Gasteiger partial charge in [0, 0.05) is 23.5 Å². The molecule has 2 aromatic heterocycles. The number of carbonyl (C=O) groups excluding carboxylic acids is 1. The molecule has 2 heterocycles. The van der Waals surface area contributed by atoms with Crippen LogP contribution in [-0.2, 0) is 6.54 Å². The number of pyridine rings is 1. The zero-order valence-corrected chi connectivity index (χ0v) is 15.4. The van der Waals surface area contributed by atoms with E-state index in [1.807, 2.05) is 42.5 Å². The normalized spacial score (nSPS) is 10.9. The third kappa shape index (κ3) is 4.75. The van der Waals surface area contributed by atoms with E-state index in [9.17, 15) is 4.79 Å². The summed E-state index contributed by atoms with van der Waals surface area (Å²) in [6.07, 6.45) is 4.89. The number of hydrogen-bond donors (Lipinski definition) is 1. The average Bonchev–Trinajstić information content (AvgIpc) is 3.24. The van der Waals surface area contributed by atoms with Crippen molar-refractivity contribution in [2.24, 2.45) is 5.10 Å². The number of rotatable bonds is 6. The molecule has 0 atom stereocenters. The summed E-state index contributed by atoms with van der Waals surface area (Å²) in [7, 11) is 0. The highest BCUT2D eigenvalue weighted by atomic mass is 16.2. The molecule has 0 unspecified atom stereocenters. The van der Waals surface area contributed by atoms with E-state index in [0.29, 0.717) is 17.9 Å². The molecule has 0 saturated carbocycles. The topological polar surface area (TPSA) is 98.0 Å². The van der Waals surface area contributed by atoms with Crippen LogP contribution in [0.15, 0.2) is 84.2 Å². The van der Waals surface area contributed by atoms with E-state index in [1.165, 1.54) is 4.80 Å². The molecule has 4 rings (SSSR count). The van der Waals surface area contributed by atoms with Gasteiger partial charge in [0.2, 0.25) is 5.82 Å². The Morgan fingerprint density at radius 3 is 2.52 bits per heavy atom. The lowest BCUT2D eigenvalue weighted by Crippen LogP contribution is -2.17. The average molecular weight is 383 g/mol. The fraction of sp³-hybridized carbons (Fsp3) is 0.0476. The summed E-state index contributed by atoms with van der Waals surface area (Å²) >= 11 is 0. The van der Waals surface area contributed by atoms with Crippen LogP contribution in [0.25, 0.3) is 11.4 Å². The second-order valence-electron chi connectivity index (χ2n) is 6.19. The second-order valence-corrected chi connectivity index (χ2v) is 6.19. The Labute approximate surface area is 166 Å². The fourth-order valence-corrected chi connectivity index (χ4v) is 2.62. The molecule has 0 bridgehead atoms. The lowest BCUT2D eigenvalue weighted by Gasteiger charge is -2.03. The minimum Gasteiger partial charge on any atom is -0.267 e. The molecule has 0 spiro atoms. The van der Waals surface area contributed by atoms with Gasteiger partial charge in [-0.2, -0.15) is 9.90 Å². The van der Waals surface area contributed by atoms with Gasteiger partial charge < -0.3 is 0 Å². The summed E-state index contributed by atoms with van der Waals surface area (Å²) in [5.41, 5.74) is 5.74. The van der Waals surface area contributed by atoms with E-state index < -0.39 is 0 Å². The van der Waals surface area contributed by atoms with Gasteiger partial charge in [0.25, 0.3) is 5.91 Å². The molecule has 0 saturated heterocycles. The number of aromatic nitrogens is 5. The number of nitrogens with zero attached hydrogens (tertiary/aromatic N) is 6.